The molecule has 4 N–H and O–H groups in total. The summed E-state index contributed by atoms with van der Waals surface area (Å²) in [5, 5.41) is 10.4. The number of nitro groups is 1. The van der Waals surface area contributed by atoms with Crippen molar-refractivity contribution in [1.82, 2.24) is 0 Å². The summed E-state index contributed by atoms with van der Waals surface area (Å²) < 4.78 is 18.5. The Morgan fingerprint density at radius 2 is 2.20 bits per heavy atom. The molecule has 1 aromatic rings. The van der Waals surface area contributed by atoms with E-state index < -0.39 is 27.9 Å². The van der Waals surface area contributed by atoms with E-state index in [1.807, 2.05) is 0 Å². The lowest BCUT2D eigenvalue weighted by molar-refractivity contribution is -0.387. The number of primary amides is 1. The van der Waals surface area contributed by atoms with Crippen molar-refractivity contribution in [1.29, 1.82) is 0 Å². The number of nitrogens with zero attached hydrogens (tertiary/aromatic N) is 1. The number of benzene rings is 1. The van der Waals surface area contributed by atoms with Gasteiger partial charge in [-0.15, -0.1) is 0 Å². The SMILES string of the molecule is CC(N)(CCCOc1ccc([N+](=O)[O-])c(F)c1)C(N)=O. The van der Waals surface area contributed by atoms with Gasteiger partial charge in [0.05, 0.1) is 17.1 Å². The Bertz CT molecular complexity index is 519. The standard InChI is InChI=1S/C12H16FN3O4/c1-12(15,11(14)17)5-2-6-20-8-3-4-10(16(18)19)9(13)7-8/h3-4,7H,2,5-6,15H2,1H3,(H2,14,17). The van der Waals surface area contributed by atoms with Crippen LogP contribution in [0.2, 0.25) is 0 Å². The van der Waals surface area contributed by atoms with Crippen LogP contribution in [0.5, 0.6) is 5.75 Å². The second kappa shape index (κ2) is 6.29. The Hall–Kier alpha value is -2.22. The smallest absolute Gasteiger partial charge is 0.305 e. The highest BCUT2D eigenvalue weighted by atomic mass is 19.1. The minimum atomic E-state index is -1.12. The van der Waals surface area contributed by atoms with Crippen LogP contribution in [0, 0.1) is 15.9 Å². The van der Waals surface area contributed by atoms with Crippen LogP contribution in [-0.2, 0) is 4.79 Å². The molecule has 0 radical (unpaired) electrons. The first-order valence-corrected chi connectivity index (χ1v) is 5.89. The predicted octanol–water partition coefficient (Wildman–Crippen LogP) is 1.10. The van der Waals surface area contributed by atoms with Crippen molar-refractivity contribution >= 4 is 11.6 Å². The van der Waals surface area contributed by atoms with E-state index in [1.165, 1.54) is 13.0 Å². The molecule has 0 fully saturated rings. The Kier molecular flexibility index (Phi) is 4.98. The van der Waals surface area contributed by atoms with E-state index in [-0.39, 0.29) is 12.4 Å². The van der Waals surface area contributed by atoms with Crippen molar-refractivity contribution in [2.45, 2.75) is 25.3 Å². The summed E-state index contributed by atoms with van der Waals surface area (Å²) in [5.74, 6) is -1.40. The van der Waals surface area contributed by atoms with Crippen LogP contribution >= 0.6 is 0 Å². The lowest BCUT2D eigenvalue weighted by Crippen LogP contribution is -2.49. The van der Waals surface area contributed by atoms with E-state index in [9.17, 15) is 19.3 Å². The number of nitrogens with two attached hydrogens (primary N) is 2. The van der Waals surface area contributed by atoms with Gasteiger partial charge in [-0.2, -0.15) is 4.39 Å². The molecule has 0 heterocycles. The zero-order valence-electron chi connectivity index (χ0n) is 11.0. The van der Waals surface area contributed by atoms with E-state index in [0.29, 0.717) is 12.8 Å². The van der Waals surface area contributed by atoms with Gasteiger partial charge in [0.1, 0.15) is 5.75 Å². The van der Waals surface area contributed by atoms with Crippen LogP contribution < -0.4 is 16.2 Å². The van der Waals surface area contributed by atoms with Crippen LogP contribution in [0.3, 0.4) is 0 Å². The van der Waals surface area contributed by atoms with Gasteiger partial charge >= 0.3 is 5.69 Å². The fraction of sp³-hybridized carbons (Fsp3) is 0.417. The Morgan fingerprint density at radius 3 is 2.70 bits per heavy atom. The monoisotopic (exact) mass is 285 g/mol. The van der Waals surface area contributed by atoms with Gasteiger partial charge in [-0.05, 0) is 25.8 Å². The first kappa shape index (κ1) is 15.8. The van der Waals surface area contributed by atoms with Crippen molar-refractivity contribution in [2.24, 2.45) is 11.5 Å². The Morgan fingerprint density at radius 1 is 1.55 bits per heavy atom. The number of hydrogen-bond acceptors (Lipinski definition) is 5. The molecule has 0 aliphatic carbocycles. The lowest BCUT2D eigenvalue weighted by Gasteiger charge is -2.20. The zero-order chi connectivity index (χ0) is 15.3. The fourth-order valence-corrected chi connectivity index (χ4v) is 1.48. The van der Waals surface area contributed by atoms with Gasteiger partial charge in [-0.1, -0.05) is 0 Å². The summed E-state index contributed by atoms with van der Waals surface area (Å²) >= 11 is 0. The van der Waals surface area contributed by atoms with E-state index in [4.69, 9.17) is 16.2 Å². The first-order chi connectivity index (χ1) is 9.24. The Labute approximate surface area is 114 Å². The molecule has 0 spiro atoms. The van der Waals surface area contributed by atoms with E-state index >= 15 is 0 Å². The summed E-state index contributed by atoms with van der Waals surface area (Å²) in [7, 11) is 0. The largest absolute Gasteiger partial charge is 0.493 e. The molecule has 1 atom stereocenters. The molecule has 20 heavy (non-hydrogen) atoms. The lowest BCUT2D eigenvalue weighted by atomic mass is 9.97. The van der Waals surface area contributed by atoms with Crippen molar-refractivity contribution in [2.75, 3.05) is 6.61 Å². The van der Waals surface area contributed by atoms with Gasteiger partial charge < -0.3 is 16.2 Å². The van der Waals surface area contributed by atoms with Gasteiger partial charge in [0, 0.05) is 12.1 Å². The second-order valence-electron chi connectivity index (χ2n) is 4.60. The third-order valence-electron chi connectivity index (χ3n) is 2.79. The normalized spacial score (nSPS) is 13.6. The maximum Gasteiger partial charge on any atom is 0.305 e. The highest BCUT2D eigenvalue weighted by molar-refractivity contribution is 5.83. The van der Waals surface area contributed by atoms with E-state index in [2.05, 4.69) is 0 Å². The molecule has 0 aromatic heterocycles. The van der Waals surface area contributed by atoms with E-state index in [1.54, 1.807) is 0 Å². The van der Waals surface area contributed by atoms with Crippen LogP contribution in [0.15, 0.2) is 18.2 Å². The third kappa shape index (κ3) is 4.16. The minimum absolute atomic E-state index is 0.172. The van der Waals surface area contributed by atoms with Crippen molar-refractivity contribution in [3.05, 3.63) is 34.1 Å². The maximum absolute atomic E-state index is 13.3. The minimum Gasteiger partial charge on any atom is -0.493 e. The van der Waals surface area contributed by atoms with Crippen molar-refractivity contribution in [3.8, 4) is 5.75 Å². The van der Waals surface area contributed by atoms with Gasteiger partial charge in [-0.25, -0.2) is 0 Å². The molecular formula is C12H16FN3O4. The molecule has 0 aliphatic rings. The molecule has 1 aromatic carbocycles. The number of nitro benzene ring substituents is 1. The second-order valence-corrected chi connectivity index (χ2v) is 4.60. The topological polar surface area (TPSA) is 121 Å². The first-order valence-electron chi connectivity index (χ1n) is 5.89. The number of hydrogen-bond donors (Lipinski definition) is 2. The molecular weight excluding hydrogens is 269 g/mol. The highest BCUT2D eigenvalue weighted by Gasteiger charge is 2.24. The molecule has 110 valence electrons. The van der Waals surface area contributed by atoms with Crippen molar-refractivity contribution < 1.29 is 18.8 Å². The summed E-state index contributed by atoms with van der Waals surface area (Å²) in [6.45, 7) is 1.71. The average molecular weight is 285 g/mol. The molecule has 1 unspecified atom stereocenters. The molecule has 0 aliphatic heterocycles. The molecule has 0 saturated heterocycles. The van der Waals surface area contributed by atoms with Gasteiger partial charge in [0.15, 0.2) is 0 Å². The number of carbonyl (C=O) groups excluding carboxylic acids is 1. The zero-order valence-corrected chi connectivity index (χ0v) is 11.0. The molecule has 1 rings (SSSR count). The number of halogens is 1. The van der Waals surface area contributed by atoms with Crippen LogP contribution in [0.4, 0.5) is 10.1 Å². The summed E-state index contributed by atoms with van der Waals surface area (Å²) in [6, 6.07) is 3.27. The van der Waals surface area contributed by atoms with Gasteiger partial charge in [-0.3, -0.25) is 14.9 Å². The van der Waals surface area contributed by atoms with Crippen molar-refractivity contribution in [3.63, 3.8) is 0 Å². The molecule has 7 nitrogen and oxygen atoms in total. The number of amides is 1. The fourth-order valence-electron chi connectivity index (χ4n) is 1.48. The quantitative estimate of drug-likeness (QED) is 0.441. The molecule has 1 amide bonds. The average Bonchev–Trinajstić information content (AvgIpc) is 2.34. The highest BCUT2D eigenvalue weighted by Crippen LogP contribution is 2.22. The van der Waals surface area contributed by atoms with Crippen LogP contribution in [-0.4, -0.2) is 23.0 Å². The van der Waals surface area contributed by atoms with Gasteiger partial charge in [0.2, 0.25) is 11.7 Å². The number of ether oxygens (including phenoxy) is 1. The molecule has 0 bridgehead atoms. The van der Waals surface area contributed by atoms with Crippen LogP contribution in [0.1, 0.15) is 19.8 Å². The maximum atomic E-state index is 13.3. The van der Waals surface area contributed by atoms with E-state index in [0.717, 1.165) is 12.1 Å². The third-order valence-corrected chi connectivity index (χ3v) is 2.79. The summed E-state index contributed by atoms with van der Waals surface area (Å²) in [6.07, 6.45) is 0.756. The summed E-state index contributed by atoms with van der Waals surface area (Å²) in [4.78, 5) is 20.6. The molecule has 0 saturated carbocycles. The predicted molar refractivity (Wildman–Crippen MR) is 69.6 cm³/mol. The Balaban J connectivity index is 2.49. The number of rotatable bonds is 7. The molecule has 8 heteroatoms. The number of carbonyl (C=O) groups is 1. The van der Waals surface area contributed by atoms with Gasteiger partial charge in [0.25, 0.3) is 0 Å². The van der Waals surface area contributed by atoms with Crippen LogP contribution in [0.25, 0.3) is 0 Å². The summed E-state index contributed by atoms with van der Waals surface area (Å²) in [5.41, 5.74) is 9.03.